The largest absolute Gasteiger partial charge is 0.383 e. The number of fused-ring (bicyclic) bond motifs is 1. The molecule has 1 aromatic heterocycles. The average molecular weight is 292 g/mol. The molecule has 0 saturated heterocycles. The Balaban J connectivity index is 2.83. The Bertz CT molecular complexity index is 687. The van der Waals surface area contributed by atoms with Crippen LogP contribution in [-0.4, -0.2) is 15.1 Å². The number of nitrogens with zero attached hydrogens (tertiary/aromatic N) is 1. The summed E-state index contributed by atoms with van der Waals surface area (Å²) in [5, 5.41) is 11.2. The first kappa shape index (κ1) is 16.0. The number of halogens is 1. The van der Waals surface area contributed by atoms with Crippen LogP contribution >= 0.6 is 0 Å². The van der Waals surface area contributed by atoms with Gasteiger partial charge in [0.15, 0.2) is 0 Å². The second-order valence-electron chi connectivity index (χ2n) is 6.93. The Labute approximate surface area is 125 Å². The highest BCUT2D eigenvalue weighted by atomic mass is 19.1. The van der Waals surface area contributed by atoms with Crippen molar-refractivity contribution in [3.63, 3.8) is 0 Å². The Morgan fingerprint density at radius 2 is 1.86 bits per heavy atom. The van der Waals surface area contributed by atoms with E-state index >= 15 is 0 Å². The lowest BCUT2D eigenvalue weighted by atomic mass is 9.94. The maximum Gasteiger partial charge on any atom is 0.138 e. The van der Waals surface area contributed by atoms with E-state index in [9.17, 15) is 9.50 Å². The van der Waals surface area contributed by atoms with Gasteiger partial charge in [0, 0.05) is 6.42 Å². The molecular formula is C17H25FN2O. The second kappa shape index (κ2) is 5.41. The van der Waals surface area contributed by atoms with Gasteiger partial charge in [-0.3, -0.25) is 0 Å². The van der Waals surface area contributed by atoms with Gasteiger partial charge in [0.2, 0.25) is 0 Å². The topological polar surface area (TPSA) is 48.9 Å². The smallest absolute Gasteiger partial charge is 0.138 e. The molecule has 1 aliphatic carbocycles. The molecule has 3 nitrogen and oxygen atoms in total. The molecule has 0 spiro atoms. The van der Waals surface area contributed by atoms with Crippen molar-refractivity contribution < 1.29 is 9.50 Å². The first-order valence-corrected chi connectivity index (χ1v) is 7.53. The quantitative estimate of drug-likeness (QED) is 0.899. The number of aromatic amines is 1. The van der Waals surface area contributed by atoms with Crippen molar-refractivity contribution in [1.82, 2.24) is 9.97 Å². The Hall–Kier alpha value is -1.42. The molecule has 0 radical (unpaired) electrons. The van der Waals surface area contributed by atoms with Crippen molar-refractivity contribution >= 4 is 11.4 Å². The van der Waals surface area contributed by atoms with E-state index in [0.717, 1.165) is 11.1 Å². The van der Waals surface area contributed by atoms with E-state index in [4.69, 9.17) is 0 Å². The minimum Gasteiger partial charge on any atom is -0.383 e. The molecule has 1 heterocycles. The SMILES string of the molecule is CC(C)C1=CC(C(C)C)=c2[nH]c(C(C)(C)O)nc2=C(F)C1. The van der Waals surface area contributed by atoms with Crippen LogP contribution in [-0.2, 0) is 5.60 Å². The summed E-state index contributed by atoms with van der Waals surface area (Å²) in [6.45, 7) is 11.6. The van der Waals surface area contributed by atoms with Gasteiger partial charge in [-0.1, -0.05) is 39.3 Å². The third-order valence-electron chi connectivity index (χ3n) is 3.89. The Morgan fingerprint density at radius 3 is 2.33 bits per heavy atom. The van der Waals surface area contributed by atoms with Gasteiger partial charge in [0.25, 0.3) is 0 Å². The molecule has 21 heavy (non-hydrogen) atoms. The number of H-pyrrole nitrogens is 1. The summed E-state index contributed by atoms with van der Waals surface area (Å²) in [5.41, 5.74) is 1.01. The van der Waals surface area contributed by atoms with Gasteiger partial charge in [-0.2, -0.15) is 0 Å². The molecule has 0 aromatic carbocycles. The second-order valence-corrected chi connectivity index (χ2v) is 6.93. The van der Waals surface area contributed by atoms with Gasteiger partial charge in [0.1, 0.15) is 22.6 Å². The minimum atomic E-state index is -1.11. The first-order chi connectivity index (χ1) is 9.61. The molecule has 116 valence electrons. The summed E-state index contributed by atoms with van der Waals surface area (Å²) in [6, 6.07) is 0. The van der Waals surface area contributed by atoms with Crippen LogP contribution in [0.2, 0.25) is 0 Å². The van der Waals surface area contributed by atoms with Crippen LogP contribution in [0.1, 0.15) is 53.8 Å². The predicted octanol–water partition coefficient (Wildman–Crippen LogP) is 2.51. The van der Waals surface area contributed by atoms with Crippen LogP contribution in [0, 0.1) is 11.8 Å². The molecule has 1 aliphatic rings. The zero-order valence-corrected chi connectivity index (χ0v) is 13.7. The molecule has 0 saturated carbocycles. The van der Waals surface area contributed by atoms with Gasteiger partial charge in [-0.05, 0) is 31.3 Å². The van der Waals surface area contributed by atoms with E-state index in [-0.39, 0.29) is 18.2 Å². The molecule has 0 bridgehead atoms. The highest BCUT2D eigenvalue weighted by molar-refractivity contribution is 5.62. The predicted molar refractivity (Wildman–Crippen MR) is 83.4 cm³/mol. The molecule has 0 atom stereocenters. The summed E-state index contributed by atoms with van der Waals surface area (Å²) in [4.78, 5) is 7.45. The van der Waals surface area contributed by atoms with Crippen LogP contribution in [0.3, 0.4) is 0 Å². The molecule has 0 amide bonds. The minimum absolute atomic E-state index is 0.229. The van der Waals surface area contributed by atoms with Crippen molar-refractivity contribution in [2.75, 3.05) is 0 Å². The van der Waals surface area contributed by atoms with Crippen molar-refractivity contribution in [1.29, 1.82) is 0 Å². The molecule has 2 N–H and O–H groups in total. The van der Waals surface area contributed by atoms with E-state index in [1.165, 1.54) is 0 Å². The lowest BCUT2D eigenvalue weighted by Crippen LogP contribution is -2.29. The zero-order valence-electron chi connectivity index (χ0n) is 13.7. The fraction of sp³-hybridized carbons (Fsp3) is 0.588. The van der Waals surface area contributed by atoms with Crippen LogP contribution < -0.4 is 10.7 Å². The third-order valence-corrected chi connectivity index (χ3v) is 3.89. The van der Waals surface area contributed by atoms with Crippen molar-refractivity contribution in [2.24, 2.45) is 11.8 Å². The summed E-state index contributed by atoms with van der Waals surface area (Å²) in [7, 11) is 0. The van der Waals surface area contributed by atoms with E-state index in [2.05, 4.69) is 43.7 Å². The number of imidazole rings is 1. The fourth-order valence-corrected chi connectivity index (χ4v) is 2.48. The zero-order chi connectivity index (χ0) is 15.9. The molecular weight excluding hydrogens is 267 g/mol. The fourth-order valence-electron chi connectivity index (χ4n) is 2.48. The third kappa shape index (κ3) is 3.10. The average Bonchev–Trinajstić information content (AvgIpc) is 2.72. The van der Waals surface area contributed by atoms with E-state index in [1.54, 1.807) is 13.8 Å². The van der Waals surface area contributed by atoms with Crippen molar-refractivity contribution in [2.45, 2.75) is 53.6 Å². The van der Waals surface area contributed by atoms with Crippen LogP contribution in [0.15, 0.2) is 11.6 Å². The molecule has 0 aliphatic heterocycles. The van der Waals surface area contributed by atoms with Gasteiger partial charge < -0.3 is 10.1 Å². The van der Waals surface area contributed by atoms with E-state index in [0.29, 0.717) is 22.4 Å². The summed E-state index contributed by atoms with van der Waals surface area (Å²) in [5.74, 6) is 0.718. The summed E-state index contributed by atoms with van der Waals surface area (Å²) < 4.78 is 14.6. The number of hydrogen-bond acceptors (Lipinski definition) is 2. The number of nitrogens with one attached hydrogen (secondary N) is 1. The number of aromatic nitrogens is 2. The van der Waals surface area contributed by atoms with Crippen LogP contribution in [0.4, 0.5) is 4.39 Å². The lowest BCUT2D eigenvalue weighted by Gasteiger charge is -2.14. The lowest BCUT2D eigenvalue weighted by molar-refractivity contribution is 0.0694. The first-order valence-electron chi connectivity index (χ1n) is 7.53. The van der Waals surface area contributed by atoms with Crippen LogP contribution in [0.5, 0.6) is 0 Å². The highest BCUT2D eigenvalue weighted by Gasteiger charge is 2.23. The Kier molecular flexibility index (Phi) is 4.11. The molecule has 4 heteroatoms. The van der Waals surface area contributed by atoms with Crippen molar-refractivity contribution in [3.8, 4) is 0 Å². The highest BCUT2D eigenvalue weighted by Crippen LogP contribution is 2.26. The van der Waals surface area contributed by atoms with Crippen molar-refractivity contribution in [3.05, 3.63) is 28.2 Å². The van der Waals surface area contributed by atoms with E-state index < -0.39 is 5.60 Å². The maximum absolute atomic E-state index is 14.6. The number of rotatable bonds is 3. The van der Waals surface area contributed by atoms with Gasteiger partial charge in [-0.15, -0.1) is 0 Å². The number of aliphatic hydroxyl groups is 1. The van der Waals surface area contributed by atoms with E-state index in [1.807, 2.05) is 0 Å². The standard InChI is InChI=1S/C17H25FN2O/c1-9(2)11-7-12(10(3)4)14-15(13(18)8-11)20-16(19-14)17(5,6)21/h7,9-10,21H,8H2,1-6H3,(H,19,20). The number of allylic oxidation sites excluding steroid dienone is 2. The molecule has 2 rings (SSSR count). The monoisotopic (exact) mass is 292 g/mol. The van der Waals surface area contributed by atoms with Gasteiger partial charge in [-0.25, -0.2) is 9.37 Å². The summed E-state index contributed by atoms with van der Waals surface area (Å²) >= 11 is 0. The molecule has 1 aromatic rings. The Morgan fingerprint density at radius 1 is 1.24 bits per heavy atom. The van der Waals surface area contributed by atoms with Gasteiger partial charge in [0.05, 0.1) is 5.35 Å². The normalized spacial score (nSPS) is 16.4. The summed E-state index contributed by atoms with van der Waals surface area (Å²) in [6.07, 6.45) is 2.38. The molecule has 0 unspecified atom stereocenters. The number of hydrogen-bond donors (Lipinski definition) is 2. The maximum atomic E-state index is 14.6. The van der Waals surface area contributed by atoms with Gasteiger partial charge >= 0.3 is 0 Å². The van der Waals surface area contributed by atoms with Crippen LogP contribution in [0.25, 0.3) is 11.4 Å². The molecule has 0 fully saturated rings.